The molecule has 140 valence electrons. The van der Waals surface area contributed by atoms with Gasteiger partial charge in [-0.1, -0.05) is 57.6 Å². The molecule has 2 unspecified atom stereocenters. The van der Waals surface area contributed by atoms with E-state index in [-0.39, 0.29) is 5.54 Å². The Morgan fingerprint density at radius 2 is 2.00 bits per heavy atom. The Labute approximate surface area is 153 Å². The van der Waals surface area contributed by atoms with Gasteiger partial charge in [0, 0.05) is 24.2 Å². The fourth-order valence-electron chi connectivity index (χ4n) is 5.21. The van der Waals surface area contributed by atoms with E-state index >= 15 is 0 Å². The van der Waals surface area contributed by atoms with Crippen LogP contribution in [0.2, 0.25) is 0 Å². The third kappa shape index (κ3) is 3.88. The molecule has 0 aromatic heterocycles. The minimum Gasteiger partial charge on any atom is -0.508 e. The summed E-state index contributed by atoms with van der Waals surface area (Å²) >= 11 is 0. The van der Waals surface area contributed by atoms with Crippen LogP contribution >= 0.6 is 0 Å². The number of hydrogen-bond donors (Lipinski definition) is 2. The van der Waals surface area contributed by atoms with Gasteiger partial charge in [0.05, 0.1) is 0 Å². The lowest BCUT2D eigenvalue weighted by Gasteiger charge is -2.55. The molecule has 3 N–H and O–H groups in total. The van der Waals surface area contributed by atoms with E-state index < -0.39 is 0 Å². The predicted molar refractivity (Wildman–Crippen MR) is 105 cm³/mol. The minimum absolute atomic E-state index is 0.114. The fourth-order valence-corrected chi connectivity index (χ4v) is 5.21. The second-order valence-corrected chi connectivity index (χ2v) is 8.22. The predicted octanol–water partition coefficient (Wildman–Crippen LogP) is 4.61. The van der Waals surface area contributed by atoms with Crippen molar-refractivity contribution in [3.05, 3.63) is 29.3 Å². The van der Waals surface area contributed by atoms with Crippen molar-refractivity contribution < 1.29 is 5.11 Å². The van der Waals surface area contributed by atoms with Gasteiger partial charge in [-0.25, -0.2) is 0 Å². The number of piperidine rings is 1. The molecule has 2 heterocycles. The van der Waals surface area contributed by atoms with Gasteiger partial charge in [-0.3, -0.25) is 4.90 Å². The molecule has 2 aliphatic rings. The number of nitrogens with two attached hydrogens (primary N) is 1. The maximum atomic E-state index is 10.3. The maximum Gasteiger partial charge on any atom is 0.120 e. The molecular formula is C22H36N2O. The summed E-state index contributed by atoms with van der Waals surface area (Å²) in [5, 5.41) is 10.3. The van der Waals surface area contributed by atoms with Gasteiger partial charge < -0.3 is 10.8 Å². The monoisotopic (exact) mass is 344 g/mol. The molecule has 25 heavy (non-hydrogen) atoms. The summed E-state index contributed by atoms with van der Waals surface area (Å²) in [4.78, 5) is 2.60. The molecule has 1 fully saturated rings. The van der Waals surface area contributed by atoms with Gasteiger partial charge in [0.1, 0.15) is 5.75 Å². The van der Waals surface area contributed by atoms with Crippen molar-refractivity contribution in [3.63, 3.8) is 0 Å². The molecule has 0 amide bonds. The minimum atomic E-state index is 0.114. The van der Waals surface area contributed by atoms with Crippen LogP contribution in [0.3, 0.4) is 0 Å². The van der Waals surface area contributed by atoms with Crippen molar-refractivity contribution >= 4 is 0 Å². The summed E-state index contributed by atoms with van der Waals surface area (Å²) in [6, 6.07) is 6.01. The van der Waals surface area contributed by atoms with Crippen LogP contribution in [0, 0.1) is 5.92 Å². The second-order valence-electron chi connectivity index (χ2n) is 8.22. The van der Waals surface area contributed by atoms with Crippen LogP contribution in [0.25, 0.3) is 0 Å². The summed E-state index contributed by atoms with van der Waals surface area (Å²) in [7, 11) is 0. The Bertz CT molecular complexity index is 559. The van der Waals surface area contributed by atoms with E-state index in [2.05, 4.69) is 17.9 Å². The normalized spacial score (nSPS) is 26.2. The zero-order valence-electron chi connectivity index (χ0n) is 16.0. The van der Waals surface area contributed by atoms with E-state index in [0.717, 1.165) is 31.6 Å². The number of nitrogens with zero attached hydrogens (tertiary/aromatic N) is 1. The SMILES string of the molecule is CCCCCCCCC1CCCN2Cc3c(O)cccc3CC12CN. The summed E-state index contributed by atoms with van der Waals surface area (Å²) in [6.45, 7) is 5.01. The zero-order chi connectivity index (χ0) is 17.7. The quantitative estimate of drug-likeness (QED) is 0.677. The van der Waals surface area contributed by atoms with Crippen LogP contribution in [-0.4, -0.2) is 28.6 Å². The number of phenols is 1. The first-order valence-electron chi connectivity index (χ1n) is 10.5. The van der Waals surface area contributed by atoms with Crippen LogP contribution in [0.5, 0.6) is 5.75 Å². The van der Waals surface area contributed by atoms with E-state index in [0.29, 0.717) is 11.7 Å². The Hall–Kier alpha value is -1.06. The number of rotatable bonds is 8. The Morgan fingerprint density at radius 3 is 2.80 bits per heavy atom. The molecule has 1 aromatic carbocycles. The lowest BCUT2D eigenvalue weighted by atomic mass is 9.68. The van der Waals surface area contributed by atoms with Crippen LogP contribution < -0.4 is 5.73 Å². The standard InChI is InChI=1S/C22H36N2O/c1-2-3-4-5-6-7-11-19-12-9-14-24-16-20-18(10-8-13-21(20)25)15-22(19,24)17-23/h8,10,13,19,25H,2-7,9,11-12,14-17,23H2,1H3. The molecule has 3 nitrogen and oxygen atoms in total. The molecule has 0 spiro atoms. The maximum absolute atomic E-state index is 10.3. The largest absolute Gasteiger partial charge is 0.508 e. The van der Waals surface area contributed by atoms with E-state index in [9.17, 15) is 5.11 Å². The summed E-state index contributed by atoms with van der Waals surface area (Å²) in [6.07, 6.45) is 13.1. The molecule has 0 saturated carbocycles. The molecule has 0 aliphatic carbocycles. The lowest BCUT2D eigenvalue weighted by molar-refractivity contribution is -0.0205. The Kier molecular flexibility index (Phi) is 6.40. The number of fused-ring (bicyclic) bond motifs is 2. The van der Waals surface area contributed by atoms with Gasteiger partial charge in [0.25, 0.3) is 0 Å². The van der Waals surface area contributed by atoms with E-state index in [1.54, 1.807) is 0 Å². The molecule has 2 atom stereocenters. The topological polar surface area (TPSA) is 49.5 Å². The fraction of sp³-hybridized carbons (Fsp3) is 0.727. The van der Waals surface area contributed by atoms with Crippen molar-refractivity contribution in [1.29, 1.82) is 0 Å². The summed E-state index contributed by atoms with van der Waals surface area (Å²) in [5.74, 6) is 1.16. The smallest absolute Gasteiger partial charge is 0.120 e. The van der Waals surface area contributed by atoms with Gasteiger partial charge >= 0.3 is 0 Å². The molecule has 2 aliphatic heterocycles. The van der Waals surface area contributed by atoms with Crippen molar-refractivity contribution in [2.75, 3.05) is 13.1 Å². The third-order valence-corrected chi connectivity index (χ3v) is 6.72. The number of unbranched alkanes of at least 4 members (excludes halogenated alkanes) is 5. The number of hydrogen-bond acceptors (Lipinski definition) is 3. The van der Waals surface area contributed by atoms with Gasteiger partial charge in [-0.15, -0.1) is 0 Å². The van der Waals surface area contributed by atoms with Crippen LogP contribution in [0.15, 0.2) is 18.2 Å². The number of benzene rings is 1. The molecule has 3 heteroatoms. The zero-order valence-corrected chi connectivity index (χ0v) is 16.0. The lowest BCUT2D eigenvalue weighted by Crippen LogP contribution is -2.64. The van der Waals surface area contributed by atoms with Crippen LogP contribution in [-0.2, 0) is 13.0 Å². The summed E-state index contributed by atoms with van der Waals surface area (Å²) < 4.78 is 0. The molecule has 1 saturated heterocycles. The van der Waals surface area contributed by atoms with Crippen molar-refractivity contribution in [2.24, 2.45) is 11.7 Å². The average molecular weight is 345 g/mol. The van der Waals surface area contributed by atoms with Crippen molar-refractivity contribution in [3.8, 4) is 5.75 Å². The first kappa shape index (κ1) is 18.7. The van der Waals surface area contributed by atoms with Crippen LogP contribution in [0.1, 0.15) is 75.8 Å². The highest BCUT2D eigenvalue weighted by Crippen LogP contribution is 2.44. The highest BCUT2D eigenvalue weighted by molar-refractivity contribution is 5.42. The molecule has 0 bridgehead atoms. The highest BCUT2D eigenvalue weighted by atomic mass is 16.3. The Balaban J connectivity index is 1.68. The average Bonchev–Trinajstić information content (AvgIpc) is 2.63. The van der Waals surface area contributed by atoms with Crippen molar-refractivity contribution in [1.82, 2.24) is 4.90 Å². The van der Waals surface area contributed by atoms with Gasteiger partial charge in [0.2, 0.25) is 0 Å². The summed E-state index contributed by atoms with van der Waals surface area (Å²) in [5.41, 5.74) is 8.96. The van der Waals surface area contributed by atoms with E-state index in [4.69, 9.17) is 5.73 Å². The van der Waals surface area contributed by atoms with Gasteiger partial charge in [-0.05, 0) is 49.8 Å². The van der Waals surface area contributed by atoms with Gasteiger partial charge in [-0.2, -0.15) is 0 Å². The second kappa shape index (κ2) is 8.55. The third-order valence-electron chi connectivity index (χ3n) is 6.72. The van der Waals surface area contributed by atoms with Gasteiger partial charge in [0.15, 0.2) is 0 Å². The van der Waals surface area contributed by atoms with Crippen molar-refractivity contribution in [2.45, 2.75) is 83.2 Å². The Morgan fingerprint density at radius 1 is 1.20 bits per heavy atom. The molecule has 1 aromatic rings. The highest BCUT2D eigenvalue weighted by Gasteiger charge is 2.47. The first-order chi connectivity index (χ1) is 12.2. The van der Waals surface area contributed by atoms with E-state index in [1.165, 1.54) is 63.4 Å². The number of aromatic hydroxyl groups is 1. The molecule has 0 radical (unpaired) electrons. The van der Waals surface area contributed by atoms with Crippen LogP contribution in [0.4, 0.5) is 0 Å². The number of phenolic OH excluding ortho intramolecular Hbond substituents is 1. The van der Waals surface area contributed by atoms with E-state index in [1.807, 2.05) is 12.1 Å². The molecule has 3 rings (SSSR count). The first-order valence-corrected chi connectivity index (χ1v) is 10.5. The molecular weight excluding hydrogens is 308 g/mol.